The van der Waals surface area contributed by atoms with E-state index in [0.29, 0.717) is 45.1 Å². The van der Waals surface area contributed by atoms with Gasteiger partial charge in [0.25, 0.3) is 0 Å². The van der Waals surface area contributed by atoms with Crippen LogP contribution in [-0.2, 0) is 16.0 Å². The van der Waals surface area contributed by atoms with Gasteiger partial charge >= 0.3 is 0 Å². The molecule has 0 aromatic carbocycles. The molecule has 1 amide bonds. The van der Waals surface area contributed by atoms with Crippen LogP contribution < -0.4 is 10.1 Å². The predicted molar refractivity (Wildman–Crippen MR) is 101 cm³/mol. The molecule has 0 aromatic heterocycles. The number of amides is 1. The summed E-state index contributed by atoms with van der Waals surface area (Å²) in [6.07, 6.45) is 3.37. The average molecular weight is 376 g/mol. The molecule has 2 heterocycles. The van der Waals surface area contributed by atoms with Crippen LogP contribution in [0.2, 0.25) is 0 Å². The van der Waals surface area contributed by atoms with E-state index in [0.717, 1.165) is 16.7 Å². The summed E-state index contributed by atoms with van der Waals surface area (Å²) in [5, 5.41) is 13.0. The topological polar surface area (TPSA) is 84.2 Å². The minimum Gasteiger partial charge on any atom is -0.493 e. The van der Waals surface area contributed by atoms with E-state index in [2.05, 4.69) is 5.32 Å². The van der Waals surface area contributed by atoms with Gasteiger partial charge in [0.15, 0.2) is 0 Å². The van der Waals surface area contributed by atoms with E-state index in [1.165, 1.54) is 0 Å². The summed E-state index contributed by atoms with van der Waals surface area (Å²) in [6.45, 7) is 6.71. The highest BCUT2D eigenvalue weighted by atomic mass is 16.5. The number of hydrogen-bond donors (Lipinski definition) is 2. The molecule has 0 saturated carbocycles. The SMILES string of the molecule is CC(C)NC(O)CCOc1cc2coccc-2c1CC(=O)N1CCOCC1. The molecule has 7 heteroatoms. The summed E-state index contributed by atoms with van der Waals surface area (Å²) in [6, 6.07) is 3.95. The Bertz CT molecular complexity index is 708. The standard InChI is InChI=1S/C20H28N2O5/c1-14(2)21-19(23)4-8-27-18-11-15-13-26-7-3-16(15)17(18)12-20(24)22-5-9-25-10-6-22/h3,7,11,13-14,19,21,23H,4-6,8-10,12H2,1-2H3. The Morgan fingerprint density at radius 1 is 1.37 bits per heavy atom. The highest BCUT2D eigenvalue weighted by Crippen LogP contribution is 2.37. The number of ether oxygens (including phenoxy) is 2. The number of carbonyl (C=O) groups is 1. The van der Waals surface area contributed by atoms with E-state index in [1.54, 1.807) is 12.5 Å². The van der Waals surface area contributed by atoms with Crippen LogP contribution >= 0.6 is 0 Å². The third-order valence-corrected chi connectivity index (χ3v) is 4.59. The van der Waals surface area contributed by atoms with Crippen molar-refractivity contribution < 1.29 is 23.8 Å². The van der Waals surface area contributed by atoms with Gasteiger partial charge in [0, 0.05) is 36.7 Å². The third kappa shape index (κ3) is 5.22. The highest BCUT2D eigenvalue weighted by molar-refractivity contribution is 5.85. The van der Waals surface area contributed by atoms with Crippen molar-refractivity contribution in [1.29, 1.82) is 0 Å². The van der Waals surface area contributed by atoms with Crippen LogP contribution in [0.25, 0.3) is 11.1 Å². The Hall–Kier alpha value is -2.09. The quantitative estimate of drug-likeness (QED) is 0.685. The molecule has 7 nitrogen and oxygen atoms in total. The molecular formula is C20H28N2O5. The lowest BCUT2D eigenvalue weighted by molar-refractivity contribution is -0.134. The number of rotatable bonds is 8. The molecule has 1 atom stereocenters. The predicted octanol–water partition coefficient (Wildman–Crippen LogP) is 1.87. The summed E-state index contributed by atoms with van der Waals surface area (Å²) >= 11 is 0. The van der Waals surface area contributed by atoms with Crippen LogP contribution in [0.3, 0.4) is 0 Å². The zero-order valence-corrected chi connectivity index (χ0v) is 15.9. The minimum atomic E-state index is -0.622. The summed E-state index contributed by atoms with van der Waals surface area (Å²) in [7, 11) is 0. The molecule has 148 valence electrons. The van der Waals surface area contributed by atoms with Gasteiger partial charge in [-0.05, 0) is 31.5 Å². The fraction of sp³-hybridized carbons (Fsp3) is 0.550. The molecule has 0 bridgehead atoms. The third-order valence-electron chi connectivity index (χ3n) is 4.59. The fourth-order valence-electron chi connectivity index (χ4n) is 3.26. The van der Waals surface area contributed by atoms with Gasteiger partial charge in [-0.1, -0.05) is 0 Å². The van der Waals surface area contributed by atoms with E-state index < -0.39 is 6.23 Å². The summed E-state index contributed by atoms with van der Waals surface area (Å²) in [4.78, 5) is 14.5. The van der Waals surface area contributed by atoms with Gasteiger partial charge in [0.05, 0.1) is 38.8 Å². The Morgan fingerprint density at radius 2 is 2.15 bits per heavy atom. The molecule has 27 heavy (non-hydrogen) atoms. The molecule has 3 rings (SSSR count). The van der Waals surface area contributed by atoms with Gasteiger partial charge in [-0.3, -0.25) is 10.1 Å². The number of nitrogens with zero attached hydrogens (tertiary/aromatic N) is 1. The van der Waals surface area contributed by atoms with E-state index in [9.17, 15) is 9.90 Å². The first-order valence-electron chi connectivity index (χ1n) is 9.45. The van der Waals surface area contributed by atoms with Crippen molar-refractivity contribution in [3.63, 3.8) is 0 Å². The summed E-state index contributed by atoms with van der Waals surface area (Å²) in [5.41, 5.74) is 2.72. The molecule has 1 fully saturated rings. The normalized spacial score (nSPS) is 16.1. The molecule has 1 unspecified atom stereocenters. The molecule has 2 aliphatic heterocycles. The van der Waals surface area contributed by atoms with Gasteiger partial charge < -0.3 is 23.9 Å². The van der Waals surface area contributed by atoms with Crippen LogP contribution in [0.1, 0.15) is 25.8 Å². The zero-order valence-electron chi connectivity index (χ0n) is 15.9. The van der Waals surface area contributed by atoms with Crippen LogP contribution in [-0.4, -0.2) is 61.1 Å². The van der Waals surface area contributed by atoms with E-state index in [4.69, 9.17) is 13.9 Å². The van der Waals surface area contributed by atoms with Gasteiger partial charge in [-0.25, -0.2) is 0 Å². The second kappa shape index (κ2) is 9.21. The van der Waals surface area contributed by atoms with Crippen LogP contribution in [0.4, 0.5) is 0 Å². The van der Waals surface area contributed by atoms with Crippen LogP contribution in [0, 0.1) is 0 Å². The first kappa shape index (κ1) is 19.7. The van der Waals surface area contributed by atoms with Crippen LogP contribution in [0.15, 0.2) is 29.1 Å². The fourth-order valence-corrected chi connectivity index (χ4v) is 3.26. The zero-order chi connectivity index (χ0) is 19.2. The second-order valence-electron chi connectivity index (χ2n) is 7.06. The van der Waals surface area contributed by atoms with Crippen molar-refractivity contribution in [2.45, 2.75) is 39.0 Å². The molecule has 0 spiro atoms. The van der Waals surface area contributed by atoms with Crippen molar-refractivity contribution in [1.82, 2.24) is 10.2 Å². The first-order valence-corrected chi connectivity index (χ1v) is 9.45. The Morgan fingerprint density at radius 3 is 2.89 bits per heavy atom. The number of morpholine rings is 1. The van der Waals surface area contributed by atoms with Crippen LogP contribution in [0.5, 0.6) is 5.75 Å². The van der Waals surface area contributed by atoms with Crippen molar-refractivity contribution >= 4 is 5.91 Å². The summed E-state index contributed by atoms with van der Waals surface area (Å²) < 4.78 is 16.5. The maximum atomic E-state index is 12.7. The van der Waals surface area contributed by atoms with Crippen molar-refractivity contribution in [2.75, 3.05) is 32.9 Å². The lowest BCUT2D eigenvalue weighted by atomic mass is 10.1. The smallest absolute Gasteiger partial charge is 0.227 e. The number of aliphatic hydroxyl groups is 1. The largest absolute Gasteiger partial charge is 0.493 e. The maximum absolute atomic E-state index is 12.7. The average Bonchev–Trinajstić information content (AvgIpc) is 2.99. The Kier molecular flexibility index (Phi) is 6.71. The highest BCUT2D eigenvalue weighted by Gasteiger charge is 2.24. The van der Waals surface area contributed by atoms with E-state index in [1.807, 2.05) is 30.9 Å². The molecular weight excluding hydrogens is 348 g/mol. The van der Waals surface area contributed by atoms with E-state index in [-0.39, 0.29) is 18.4 Å². The van der Waals surface area contributed by atoms with Crippen molar-refractivity contribution in [3.05, 3.63) is 30.2 Å². The number of carbonyl (C=O) groups excluding carboxylic acids is 1. The molecule has 1 aliphatic carbocycles. The molecule has 3 aliphatic rings. The second-order valence-corrected chi connectivity index (χ2v) is 7.06. The van der Waals surface area contributed by atoms with Gasteiger partial charge in [0.2, 0.25) is 5.91 Å². The molecule has 2 N–H and O–H groups in total. The monoisotopic (exact) mass is 376 g/mol. The lowest BCUT2D eigenvalue weighted by Gasteiger charge is -2.27. The minimum absolute atomic E-state index is 0.0675. The molecule has 0 aromatic rings. The molecule has 1 saturated heterocycles. The van der Waals surface area contributed by atoms with Gasteiger partial charge in [-0.15, -0.1) is 0 Å². The maximum Gasteiger partial charge on any atom is 0.227 e. The summed E-state index contributed by atoms with van der Waals surface area (Å²) in [5.74, 6) is 0.739. The number of fused-ring (bicyclic) bond motifs is 1. The lowest BCUT2D eigenvalue weighted by Crippen LogP contribution is -2.41. The van der Waals surface area contributed by atoms with Gasteiger partial charge in [0.1, 0.15) is 12.0 Å². The molecule has 0 radical (unpaired) electrons. The number of hydrogen-bond acceptors (Lipinski definition) is 6. The van der Waals surface area contributed by atoms with Gasteiger partial charge in [-0.2, -0.15) is 0 Å². The Balaban J connectivity index is 1.69. The number of aliphatic hydroxyl groups excluding tert-OH is 1. The van der Waals surface area contributed by atoms with Crippen molar-refractivity contribution in [2.24, 2.45) is 0 Å². The Labute approximate surface area is 159 Å². The number of nitrogens with one attached hydrogen (secondary N) is 1. The van der Waals surface area contributed by atoms with Crippen molar-refractivity contribution in [3.8, 4) is 16.9 Å². The first-order chi connectivity index (χ1) is 13.0. The van der Waals surface area contributed by atoms with E-state index >= 15 is 0 Å².